The molecule has 1 aromatic carbocycles. The summed E-state index contributed by atoms with van der Waals surface area (Å²) in [6.45, 7) is 6.59. The summed E-state index contributed by atoms with van der Waals surface area (Å²) in [4.78, 5) is 33.5. The minimum Gasteiger partial charge on any atom is -0.350 e. The van der Waals surface area contributed by atoms with E-state index in [2.05, 4.69) is 15.4 Å². The predicted molar refractivity (Wildman–Crippen MR) is 124 cm³/mol. The molecule has 172 valence electrons. The van der Waals surface area contributed by atoms with E-state index in [9.17, 15) is 14.0 Å². The number of thiazole rings is 1. The molecule has 2 fully saturated rings. The highest BCUT2D eigenvalue weighted by Gasteiger charge is 2.54. The minimum atomic E-state index is -0.346. The van der Waals surface area contributed by atoms with Crippen LogP contribution in [0.1, 0.15) is 43.7 Å². The maximum Gasteiger partial charge on any atom is 0.274 e. The number of rotatable bonds is 5. The first-order chi connectivity index (χ1) is 15.7. The number of hydrogen-bond donors (Lipinski definition) is 1. The van der Waals surface area contributed by atoms with Gasteiger partial charge in [0.15, 0.2) is 0 Å². The number of carbonyl (C=O) groups excluding carboxylic acids is 2. The molecule has 1 saturated carbocycles. The molecule has 3 atom stereocenters. The maximum atomic E-state index is 13.8. The van der Waals surface area contributed by atoms with E-state index < -0.39 is 0 Å². The van der Waals surface area contributed by atoms with Crippen LogP contribution < -0.4 is 5.32 Å². The molecule has 5 rings (SSSR count). The van der Waals surface area contributed by atoms with Gasteiger partial charge in [0.25, 0.3) is 11.8 Å². The van der Waals surface area contributed by atoms with Crippen molar-refractivity contribution in [3.8, 4) is 10.4 Å². The Balaban J connectivity index is 1.37. The van der Waals surface area contributed by atoms with Crippen molar-refractivity contribution in [2.45, 2.75) is 33.2 Å². The fourth-order valence-corrected chi connectivity index (χ4v) is 5.89. The van der Waals surface area contributed by atoms with E-state index in [1.165, 1.54) is 23.5 Å². The standard InChI is InChI=1S/C24H26FN5O2S/c1-12-20(13(2)29(4)28-12)23(31)26-10-19-18-9-16(18)11-30(19)24(32)21-22(33-14(3)27-21)15-6-5-7-17(25)8-15/h5-8,16,18-19H,9-11H2,1-4H3,(H,26,31)/t16-,18-,19-/m1/s1. The average molecular weight is 468 g/mol. The molecule has 0 bridgehead atoms. The molecule has 3 heterocycles. The normalized spacial score (nSPS) is 21.2. The number of nitrogens with one attached hydrogen (secondary N) is 1. The number of aryl methyl sites for hydroxylation is 3. The monoisotopic (exact) mass is 467 g/mol. The highest BCUT2D eigenvalue weighted by molar-refractivity contribution is 7.15. The second-order valence-corrected chi connectivity index (χ2v) is 10.2. The van der Waals surface area contributed by atoms with Crippen molar-refractivity contribution >= 4 is 23.2 Å². The van der Waals surface area contributed by atoms with Crippen molar-refractivity contribution in [2.24, 2.45) is 18.9 Å². The van der Waals surface area contributed by atoms with Gasteiger partial charge in [-0.3, -0.25) is 14.3 Å². The van der Waals surface area contributed by atoms with Crippen molar-refractivity contribution in [3.05, 3.63) is 57.7 Å². The molecule has 33 heavy (non-hydrogen) atoms. The van der Waals surface area contributed by atoms with E-state index in [0.29, 0.717) is 52.3 Å². The first-order valence-corrected chi connectivity index (χ1v) is 11.9. The smallest absolute Gasteiger partial charge is 0.274 e. The molecule has 0 spiro atoms. The minimum absolute atomic E-state index is 0.0777. The quantitative estimate of drug-likeness (QED) is 0.623. The Morgan fingerprint density at radius 3 is 2.76 bits per heavy atom. The molecule has 9 heteroatoms. The van der Waals surface area contributed by atoms with Crippen molar-refractivity contribution in [1.29, 1.82) is 0 Å². The van der Waals surface area contributed by atoms with E-state index >= 15 is 0 Å². The lowest BCUT2D eigenvalue weighted by Crippen LogP contribution is -2.46. The van der Waals surface area contributed by atoms with E-state index in [0.717, 1.165) is 17.1 Å². The van der Waals surface area contributed by atoms with Gasteiger partial charge in [0.2, 0.25) is 0 Å². The van der Waals surface area contributed by atoms with Crippen LogP contribution in [0.2, 0.25) is 0 Å². The van der Waals surface area contributed by atoms with Crippen molar-refractivity contribution in [2.75, 3.05) is 13.1 Å². The Labute approximate surface area is 195 Å². The number of likely N-dealkylation sites (tertiary alicyclic amines) is 1. The predicted octanol–water partition coefficient (Wildman–Crippen LogP) is 3.50. The van der Waals surface area contributed by atoms with Gasteiger partial charge in [-0.1, -0.05) is 12.1 Å². The van der Waals surface area contributed by atoms with Crippen LogP contribution in [0.5, 0.6) is 0 Å². The number of fused-ring (bicyclic) bond motifs is 1. The summed E-state index contributed by atoms with van der Waals surface area (Å²) in [7, 11) is 1.82. The summed E-state index contributed by atoms with van der Waals surface area (Å²) in [5, 5.41) is 8.12. The number of benzene rings is 1. The van der Waals surface area contributed by atoms with Crippen molar-refractivity contribution in [1.82, 2.24) is 25.0 Å². The molecule has 1 saturated heterocycles. The van der Waals surface area contributed by atoms with E-state index in [-0.39, 0.29) is 23.7 Å². The van der Waals surface area contributed by atoms with Crippen molar-refractivity contribution in [3.63, 3.8) is 0 Å². The van der Waals surface area contributed by atoms with E-state index in [1.807, 2.05) is 32.7 Å². The summed E-state index contributed by atoms with van der Waals surface area (Å²) < 4.78 is 15.5. The molecule has 0 radical (unpaired) electrons. The van der Waals surface area contributed by atoms with Gasteiger partial charge >= 0.3 is 0 Å². The summed E-state index contributed by atoms with van der Waals surface area (Å²) in [5.74, 6) is 0.192. The third kappa shape index (κ3) is 3.84. The molecule has 2 aromatic heterocycles. The van der Waals surface area contributed by atoms with Gasteiger partial charge in [0.05, 0.1) is 27.2 Å². The Kier molecular flexibility index (Phi) is 5.31. The molecule has 2 aliphatic rings. The molecular formula is C24H26FN5O2S. The van der Waals surface area contributed by atoms with Crippen LogP contribution in [0.15, 0.2) is 24.3 Å². The third-order valence-corrected chi connectivity index (χ3v) is 7.82. The fourth-order valence-electron chi connectivity index (χ4n) is 4.99. The highest BCUT2D eigenvalue weighted by Crippen LogP contribution is 2.50. The molecule has 7 nitrogen and oxygen atoms in total. The second kappa shape index (κ2) is 8.06. The van der Waals surface area contributed by atoms with Gasteiger partial charge in [0.1, 0.15) is 11.5 Å². The zero-order chi connectivity index (χ0) is 23.4. The van der Waals surface area contributed by atoms with E-state index in [1.54, 1.807) is 16.8 Å². The summed E-state index contributed by atoms with van der Waals surface area (Å²) >= 11 is 1.39. The largest absolute Gasteiger partial charge is 0.350 e. The third-order valence-electron chi connectivity index (χ3n) is 6.80. The zero-order valence-electron chi connectivity index (χ0n) is 19.1. The molecule has 2 amide bonds. The maximum absolute atomic E-state index is 13.8. The number of carbonyl (C=O) groups is 2. The number of halogens is 1. The Bertz CT molecular complexity index is 1270. The number of piperidine rings is 1. The molecule has 1 N–H and O–H groups in total. The topological polar surface area (TPSA) is 80.1 Å². The molecule has 1 aliphatic carbocycles. The van der Waals surface area contributed by atoms with Crippen LogP contribution in [0.4, 0.5) is 4.39 Å². The van der Waals surface area contributed by atoms with Crippen LogP contribution in [-0.2, 0) is 7.05 Å². The molecule has 0 unspecified atom stereocenters. The summed E-state index contributed by atoms with van der Waals surface area (Å²) in [5.41, 5.74) is 3.10. The SMILES string of the molecule is Cc1nc(C(=O)N2C[C@H]3C[C@H]3[C@H]2CNC(=O)c2c(C)nn(C)c2C)c(-c2cccc(F)c2)s1. The number of amides is 2. The molecular weight excluding hydrogens is 441 g/mol. The van der Waals surface area contributed by atoms with E-state index in [4.69, 9.17) is 0 Å². The van der Waals surface area contributed by atoms with Gasteiger partial charge in [-0.25, -0.2) is 9.37 Å². The Morgan fingerprint density at radius 2 is 2.06 bits per heavy atom. The average Bonchev–Trinajstić information content (AvgIpc) is 3.15. The second-order valence-electron chi connectivity index (χ2n) is 8.98. The van der Waals surface area contributed by atoms with Crippen LogP contribution in [0.25, 0.3) is 10.4 Å². The van der Waals surface area contributed by atoms with Crippen LogP contribution in [0, 0.1) is 38.4 Å². The highest BCUT2D eigenvalue weighted by atomic mass is 32.1. The first-order valence-electron chi connectivity index (χ1n) is 11.1. The van der Waals surface area contributed by atoms with Crippen molar-refractivity contribution < 1.29 is 14.0 Å². The Hall–Kier alpha value is -3.07. The van der Waals surface area contributed by atoms with Gasteiger partial charge in [0, 0.05) is 25.8 Å². The molecule has 1 aliphatic heterocycles. The lowest BCUT2D eigenvalue weighted by Gasteiger charge is -2.27. The zero-order valence-corrected chi connectivity index (χ0v) is 19.9. The van der Waals surface area contributed by atoms with Gasteiger partial charge in [-0.05, 0) is 56.7 Å². The van der Waals surface area contributed by atoms with Gasteiger partial charge in [-0.15, -0.1) is 11.3 Å². The van der Waals surface area contributed by atoms with Crippen LogP contribution in [0.3, 0.4) is 0 Å². The van der Waals surface area contributed by atoms with Crippen LogP contribution >= 0.6 is 11.3 Å². The summed E-state index contributed by atoms with van der Waals surface area (Å²) in [6, 6.07) is 6.18. The van der Waals surface area contributed by atoms with Crippen LogP contribution in [-0.4, -0.2) is 50.6 Å². The lowest BCUT2D eigenvalue weighted by atomic mass is 10.1. The number of aromatic nitrogens is 3. The summed E-state index contributed by atoms with van der Waals surface area (Å²) in [6.07, 6.45) is 1.07. The first kappa shape index (κ1) is 21.8. The van der Waals surface area contributed by atoms with Gasteiger partial charge < -0.3 is 10.2 Å². The molecule has 3 aromatic rings. The fraction of sp³-hybridized carbons (Fsp3) is 0.417. The lowest BCUT2D eigenvalue weighted by molar-refractivity contribution is 0.0690. The number of hydrogen-bond acceptors (Lipinski definition) is 5. The number of nitrogens with zero attached hydrogens (tertiary/aromatic N) is 4. The van der Waals surface area contributed by atoms with Gasteiger partial charge in [-0.2, -0.15) is 5.10 Å². The Morgan fingerprint density at radius 1 is 1.27 bits per heavy atom.